The van der Waals surface area contributed by atoms with Crippen molar-refractivity contribution in [2.45, 2.75) is 57.8 Å². The molecule has 1 aromatic heterocycles. The molecule has 1 aliphatic heterocycles. The molecule has 0 aromatic carbocycles. The summed E-state index contributed by atoms with van der Waals surface area (Å²) in [6, 6.07) is 0. The van der Waals surface area contributed by atoms with Gasteiger partial charge in [0.1, 0.15) is 5.56 Å². The van der Waals surface area contributed by atoms with Gasteiger partial charge < -0.3 is 14.5 Å². The molecule has 1 saturated carbocycles. The van der Waals surface area contributed by atoms with Crippen molar-refractivity contribution in [1.29, 1.82) is 0 Å². The van der Waals surface area contributed by atoms with Crippen molar-refractivity contribution >= 4 is 11.8 Å². The number of Topliss-reactive ketones (excluding diaryl/α,β-unsaturated/α-hetero) is 1. The number of fused-ring (bicyclic) bond motifs is 1. The number of nitrogens with one attached hydrogen (secondary N) is 1. The topological polar surface area (TPSA) is 85.5 Å². The van der Waals surface area contributed by atoms with Crippen LogP contribution in [-0.4, -0.2) is 36.6 Å². The summed E-state index contributed by atoms with van der Waals surface area (Å²) >= 11 is 0. The van der Waals surface area contributed by atoms with Crippen LogP contribution >= 0.6 is 0 Å². The van der Waals surface area contributed by atoms with Crippen LogP contribution in [-0.2, 0) is 15.9 Å². The smallest absolute Gasteiger partial charge is 0.343 e. The third-order valence-electron chi connectivity index (χ3n) is 6.20. The Labute approximate surface area is 152 Å². The highest BCUT2D eigenvalue weighted by molar-refractivity contribution is 6.01. The van der Waals surface area contributed by atoms with Crippen LogP contribution in [0.5, 0.6) is 0 Å². The quantitative estimate of drug-likeness (QED) is 0.839. The van der Waals surface area contributed by atoms with Crippen molar-refractivity contribution in [3.8, 4) is 0 Å². The molecule has 2 heterocycles. The number of esters is 1. The monoisotopic (exact) mass is 359 g/mol. The van der Waals surface area contributed by atoms with E-state index < -0.39 is 11.4 Å². The SMILES string of the molecule is CCOC(=O)c1c(C2CCOCC2)[nH]c2c(c1=O)C(=O)CC1(CCC1)C2. The Morgan fingerprint density at radius 3 is 2.58 bits per heavy atom. The standard InChI is InChI=1S/C20H25NO5/c1-2-26-19(24)16-17(12-4-8-25-9-5-12)21-13-10-20(6-3-7-20)11-14(22)15(13)18(16)23/h12H,2-11H2,1H3,(H,21,23). The minimum absolute atomic E-state index is 0.0193. The van der Waals surface area contributed by atoms with Crippen molar-refractivity contribution in [2.24, 2.45) is 5.41 Å². The van der Waals surface area contributed by atoms with Crippen LogP contribution in [0.4, 0.5) is 0 Å². The van der Waals surface area contributed by atoms with Gasteiger partial charge in [0.05, 0.1) is 12.2 Å². The fraction of sp³-hybridized carbons (Fsp3) is 0.650. The number of ether oxygens (including phenoxy) is 2. The number of carbonyl (C=O) groups excluding carboxylic acids is 2. The normalized spacial score (nSPS) is 22.0. The number of carbonyl (C=O) groups is 2. The number of aromatic nitrogens is 1. The Balaban J connectivity index is 1.85. The Bertz CT molecular complexity index is 799. The van der Waals surface area contributed by atoms with E-state index in [2.05, 4.69) is 4.98 Å². The molecule has 6 heteroatoms. The maximum absolute atomic E-state index is 13.1. The summed E-state index contributed by atoms with van der Waals surface area (Å²) in [6.45, 7) is 3.12. The van der Waals surface area contributed by atoms with Gasteiger partial charge >= 0.3 is 5.97 Å². The van der Waals surface area contributed by atoms with Crippen LogP contribution in [0.3, 0.4) is 0 Å². The van der Waals surface area contributed by atoms with E-state index in [1.54, 1.807) is 6.92 Å². The number of pyridine rings is 1. The Hall–Kier alpha value is -1.95. The van der Waals surface area contributed by atoms with Crippen LogP contribution in [0.1, 0.15) is 83.5 Å². The molecular weight excluding hydrogens is 334 g/mol. The van der Waals surface area contributed by atoms with Gasteiger partial charge in [-0.25, -0.2) is 4.79 Å². The molecule has 3 aliphatic rings. The average Bonchev–Trinajstić information content (AvgIpc) is 2.60. The van der Waals surface area contributed by atoms with E-state index >= 15 is 0 Å². The van der Waals surface area contributed by atoms with Crippen LogP contribution in [0.15, 0.2) is 4.79 Å². The van der Waals surface area contributed by atoms with Gasteiger partial charge in [-0.15, -0.1) is 0 Å². The molecule has 4 rings (SSSR count). The number of hydrogen-bond acceptors (Lipinski definition) is 5. The molecule has 1 saturated heterocycles. The molecule has 0 bridgehead atoms. The zero-order valence-electron chi connectivity index (χ0n) is 15.2. The zero-order chi connectivity index (χ0) is 18.3. The zero-order valence-corrected chi connectivity index (χ0v) is 15.2. The summed E-state index contributed by atoms with van der Waals surface area (Å²) < 4.78 is 10.6. The molecule has 6 nitrogen and oxygen atoms in total. The van der Waals surface area contributed by atoms with Crippen LogP contribution in [0.25, 0.3) is 0 Å². The Morgan fingerprint density at radius 1 is 1.23 bits per heavy atom. The Morgan fingerprint density at radius 2 is 1.96 bits per heavy atom. The summed E-state index contributed by atoms with van der Waals surface area (Å²) in [6.07, 6.45) is 5.85. The van der Waals surface area contributed by atoms with E-state index in [-0.39, 0.29) is 34.8 Å². The van der Waals surface area contributed by atoms with Gasteiger partial charge in [-0.1, -0.05) is 6.42 Å². The second-order valence-electron chi connectivity index (χ2n) is 7.83. The number of H-pyrrole nitrogens is 1. The lowest BCUT2D eigenvalue weighted by Crippen LogP contribution is -2.42. The molecule has 1 N–H and O–H groups in total. The lowest BCUT2D eigenvalue weighted by atomic mass is 9.60. The van der Waals surface area contributed by atoms with Gasteiger partial charge in [-0.3, -0.25) is 9.59 Å². The largest absolute Gasteiger partial charge is 0.462 e. The lowest BCUT2D eigenvalue weighted by Gasteiger charge is -2.44. The van der Waals surface area contributed by atoms with E-state index in [0.717, 1.165) is 44.2 Å². The first kappa shape index (κ1) is 17.5. The molecule has 2 fully saturated rings. The van der Waals surface area contributed by atoms with Gasteiger partial charge in [0.2, 0.25) is 5.43 Å². The predicted octanol–water partition coefficient (Wildman–Crippen LogP) is 2.74. The number of ketones is 1. The predicted molar refractivity (Wildman–Crippen MR) is 94.7 cm³/mol. The summed E-state index contributed by atoms with van der Waals surface area (Å²) in [5.74, 6) is -0.707. The van der Waals surface area contributed by atoms with Crippen LogP contribution in [0.2, 0.25) is 0 Å². The first-order valence-corrected chi connectivity index (χ1v) is 9.62. The Kier molecular flexibility index (Phi) is 4.47. The number of rotatable bonds is 3. The molecule has 0 atom stereocenters. The molecule has 1 spiro atoms. The van der Waals surface area contributed by atoms with Crippen molar-refractivity contribution in [1.82, 2.24) is 4.98 Å². The molecule has 26 heavy (non-hydrogen) atoms. The highest BCUT2D eigenvalue weighted by atomic mass is 16.5. The minimum atomic E-state index is -0.630. The van der Waals surface area contributed by atoms with E-state index in [1.807, 2.05) is 0 Å². The molecular formula is C20H25NO5. The lowest BCUT2D eigenvalue weighted by molar-refractivity contribution is 0.0515. The van der Waals surface area contributed by atoms with E-state index in [0.29, 0.717) is 25.3 Å². The highest BCUT2D eigenvalue weighted by Crippen LogP contribution is 2.49. The first-order valence-electron chi connectivity index (χ1n) is 9.62. The fourth-order valence-electron chi connectivity index (χ4n) is 4.69. The summed E-state index contributed by atoms with van der Waals surface area (Å²) in [4.78, 5) is 41.8. The van der Waals surface area contributed by atoms with Crippen molar-refractivity contribution in [2.75, 3.05) is 19.8 Å². The molecule has 140 valence electrons. The summed E-state index contributed by atoms with van der Waals surface area (Å²) in [5.41, 5.74) is 1.14. The molecule has 0 radical (unpaired) electrons. The van der Waals surface area contributed by atoms with Crippen molar-refractivity contribution in [3.05, 3.63) is 32.7 Å². The number of aromatic amines is 1. The van der Waals surface area contributed by atoms with Gasteiger partial charge in [0.15, 0.2) is 5.78 Å². The molecule has 2 aliphatic carbocycles. The second-order valence-corrected chi connectivity index (χ2v) is 7.83. The van der Waals surface area contributed by atoms with E-state index in [1.165, 1.54) is 0 Å². The molecule has 0 unspecified atom stereocenters. The fourth-order valence-corrected chi connectivity index (χ4v) is 4.69. The van der Waals surface area contributed by atoms with Gasteiger partial charge in [0.25, 0.3) is 0 Å². The van der Waals surface area contributed by atoms with Crippen molar-refractivity contribution < 1.29 is 19.1 Å². The van der Waals surface area contributed by atoms with Crippen molar-refractivity contribution in [3.63, 3.8) is 0 Å². The summed E-state index contributed by atoms with van der Waals surface area (Å²) in [5, 5.41) is 0. The van der Waals surface area contributed by atoms with Gasteiger partial charge in [-0.2, -0.15) is 0 Å². The van der Waals surface area contributed by atoms with Crippen LogP contribution < -0.4 is 5.43 Å². The third-order valence-corrected chi connectivity index (χ3v) is 6.20. The van der Waals surface area contributed by atoms with E-state index in [4.69, 9.17) is 9.47 Å². The average molecular weight is 359 g/mol. The summed E-state index contributed by atoms with van der Waals surface area (Å²) in [7, 11) is 0. The van der Waals surface area contributed by atoms with E-state index in [9.17, 15) is 14.4 Å². The third kappa shape index (κ3) is 2.80. The first-order chi connectivity index (χ1) is 12.5. The van der Waals surface area contributed by atoms with Gasteiger partial charge in [0, 0.05) is 36.9 Å². The maximum Gasteiger partial charge on any atom is 0.343 e. The maximum atomic E-state index is 13.1. The molecule has 1 aromatic rings. The number of hydrogen-bond donors (Lipinski definition) is 1. The minimum Gasteiger partial charge on any atom is -0.462 e. The van der Waals surface area contributed by atoms with Gasteiger partial charge in [-0.05, 0) is 44.4 Å². The highest BCUT2D eigenvalue weighted by Gasteiger charge is 2.45. The second kappa shape index (κ2) is 6.65. The van der Waals surface area contributed by atoms with Crippen LogP contribution in [0, 0.1) is 5.41 Å². The molecule has 0 amide bonds.